The van der Waals surface area contributed by atoms with Crippen molar-refractivity contribution in [3.05, 3.63) is 34.5 Å². The molecule has 2 heterocycles. The van der Waals surface area contributed by atoms with Gasteiger partial charge in [-0.1, -0.05) is 11.6 Å². The number of rotatable bonds is 2. The molecule has 0 spiro atoms. The molecule has 5 heteroatoms. The third-order valence-corrected chi connectivity index (χ3v) is 3.67. The number of H-pyrrole nitrogens is 1. The van der Waals surface area contributed by atoms with E-state index in [1.165, 1.54) is 0 Å². The number of aromatic amines is 1. The second-order valence-electron chi connectivity index (χ2n) is 4.60. The molecule has 0 saturated carbocycles. The van der Waals surface area contributed by atoms with E-state index in [1.54, 1.807) is 0 Å². The van der Waals surface area contributed by atoms with E-state index in [0.29, 0.717) is 11.6 Å². The van der Waals surface area contributed by atoms with Gasteiger partial charge in [-0.05, 0) is 37.1 Å². The first-order valence-electron chi connectivity index (χ1n) is 6.40. The molecule has 1 unspecified atom stereocenters. The number of hydrogen-bond donors (Lipinski definition) is 2. The molecule has 2 aromatic rings. The predicted molar refractivity (Wildman–Crippen MR) is 74.4 cm³/mol. The summed E-state index contributed by atoms with van der Waals surface area (Å²) in [6, 6.07) is 5.33. The molecule has 0 fully saturated rings. The lowest BCUT2D eigenvalue weighted by atomic mass is 9.99. The van der Waals surface area contributed by atoms with Crippen LogP contribution in [0.3, 0.4) is 0 Å². The second kappa shape index (κ2) is 4.87. The van der Waals surface area contributed by atoms with Gasteiger partial charge in [0.25, 0.3) is 0 Å². The molecule has 100 valence electrons. The Bertz CT molecular complexity index is 636. The van der Waals surface area contributed by atoms with Crippen LogP contribution in [0, 0.1) is 0 Å². The van der Waals surface area contributed by atoms with Gasteiger partial charge in [0.15, 0.2) is 0 Å². The fourth-order valence-corrected chi connectivity index (χ4v) is 2.80. The molecule has 0 bridgehead atoms. The van der Waals surface area contributed by atoms with Gasteiger partial charge in [0.05, 0.1) is 6.61 Å². The normalized spacial score (nSPS) is 18.3. The molecule has 1 aromatic heterocycles. The Morgan fingerprint density at radius 2 is 2.37 bits per heavy atom. The molecule has 1 aliphatic heterocycles. The van der Waals surface area contributed by atoms with E-state index in [2.05, 4.69) is 10.3 Å². The number of hydrogen-bond acceptors (Lipinski definition) is 3. The third-order valence-electron chi connectivity index (χ3n) is 3.44. The molecule has 0 amide bonds. The first kappa shape index (κ1) is 12.5. The van der Waals surface area contributed by atoms with E-state index >= 15 is 0 Å². The quantitative estimate of drug-likeness (QED) is 0.830. The first-order valence-corrected chi connectivity index (χ1v) is 6.78. The number of ether oxygens (including phenoxy) is 1. The number of carbonyl (C=O) groups is 1. The molecular formula is C14H15ClN2O2. The summed E-state index contributed by atoms with van der Waals surface area (Å²) in [6.07, 6.45) is 0.881. The van der Waals surface area contributed by atoms with Gasteiger partial charge in [-0.2, -0.15) is 0 Å². The fourth-order valence-electron chi connectivity index (χ4n) is 2.63. The number of halogens is 1. The van der Waals surface area contributed by atoms with Crippen molar-refractivity contribution in [3.8, 4) is 0 Å². The highest BCUT2D eigenvalue weighted by molar-refractivity contribution is 6.31. The van der Waals surface area contributed by atoms with Gasteiger partial charge in [0.2, 0.25) is 0 Å². The molecular weight excluding hydrogens is 264 g/mol. The number of esters is 1. The van der Waals surface area contributed by atoms with E-state index in [0.717, 1.165) is 35.1 Å². The topological polar surface area (TPSA) is 54.1 Å². The summed E-state index contributed by atoms with van der Waals surface area (Å²) in [4.78, 5) is 15.3. The highest BCUT2D eigenvalue weighted by Gasteiger charge is 2.30. The Morgan fingerprint density at radius 1 is 1.53 bits per heavy atom. The zero-order valence-corrected chi connectivity index (χ0v) is 11.4. The summed E-state index contributed by atoms with van der Waals surface area (Å²) < 4.78 is 5.11. The van der Waals surface area contributed by atoms with Crippen LogP contribution in [0.25, 0.3) is 10.9 Å². The fraction of sp³-hybridized carbons (Fsp3) is 0.357. The van der Waals surface area contributed by atoms with Gasteiger partial charge in [0, 0.05) is 28.2 Å². The largest absolute Gasteiger partial charge is 0.465 e. The maximum Gasteiger partial charge on any atom is 0.329 e. The molecule has 3 rings (SSSR count). The van der Waals surface area contributed by atoms with Crippen molar-refractivity contribution in [2.24, 2.45) is 0 Å². The van der Waals surface area contributed by atoms with E-state index in [9.17, 15) is 4.79 Å². The van der Waals surface area contributed by atoms with E-state index in [-0.39, 0.29) is 5.97 Å². The minimum Gasteiger partial charge on any atom is -0.465 e. The highest BCUT2D eigenvalue weighted by Crippen LogP contribution is 2.32. The van der Waals surface area contributed by atoms with Crippen molar-refractivity contribution < 1.29 is 9.53 Å². The van der Waals surface area contributed by atoms with Crippen LogP contribution in [0.5, 0.6) is 0 Å². The van der Waals surface area contributed by atoms with E-state index < -0.39 is 6.04 Å². The van der Waals surface area contributed by atoms with Gasteiger partial charge < -0.3 is 9.72 Å². The van der Waals surface area contributed by atoms with Gasteiger partial charge in [-0.25, -0.2) is 4.79 Å². The molecule has 1 aromatic carbocycles. The third kappa shape index (κ3) is 2.11. The van der Waals surface area contributed by atoms with Crippen LogP contribution < -0.4 is 5.32 Å². The van der Waals surface area contributed by atoms with Crippen LogP contribution in [-0.2, 0) is 16.0 Å². The molecule has 1 aliphatic rings. The van der Waals surface area contributed by atoms with Crippen molar-refractivity contribution in [1.82, 2.24) is 10.3 Å². The van der Waals surface area contributed by atoms with Crippen molar-refractivity contribution in [2.75, 3.05) is 13.2 Å². The molecule has 0 radical (unpaired) electrons. The number of benzene rings is 1. The van der Waals surface area contributed by atoms with Gasteiger partial charge >= 0.3 is 5.97 Å². The van der Waals surface area contributed by atoms with Crippen LogP contribution in [0.15, 0.2) is 18.2 Å². The maximum atomic E-state index is 12.0. The van der Waals surface area contributed by atoms with Crippen molar-refractivity contribution in [3.63, 3.8) is 0 Å². The SMILES string of the molecule is CCOC(=O)C1NCCc2c1[nH]c1ccc(Cl)cc21. The van der Waals surface area contributed by atoms with Crippen LogP contribution >= 0.6 is 11.6 Å². The molecule has 2 N–H and O–H groups in total. The minimum atomic E-state index is -0.408. The zero-order valence-electron chi connectivity index (χ0n) is 10.6. The van der Waals surface area contributed by atoms with Crippen molar-refractivity contribution in [1.29, 1.82) is 0 Å². The Kier molecular flexibility index (Phi) is 3.21. The standard InChI is InChI=1S/C14H15ClN2O2/c1-2-19-14(18)13-12-9(5-6-16-13)10-7-8(15)3-4-11(10)17-12/h3-4,7,13,16-17H,2,5-6H2,1H3. The van der Waals surface area contributed by atoms with Crippen molar-refractivity contribution in [2.45, 2.75) is 19.4 Å². The summed E-state index contributed by atoms with van der Waals surface area (Å²) in [6.45, 7) is 2.96. The Labute approximate surface area is 116 Å². The second-order valence-corrected chi connectivity index (χ2v) is 5.03. The van der Waals surface area contributed by atoms with Gasteiger partial charge in [-0.15, -0.1) is 0 Å². The summed E-state index contributed by atoms with van der Waals surface area (Å²) in [5.41, 5.74) is 3.07. The Hall–Kier alpha value is -1.52. The lowest BCUT2D eigenvalue weighted by Gasteiger charge is -2.22. The Balaban J connectivity index is 2.09. The molecule has 0 aliphatic carbocycles. The highest BCUT2D eigenvalue weighted by atomic mass is 35.5. The van der Waals surface area contributed by atoms with Crippen LogP contribution in [-0.4, -0.2) is 24.1 Å². The predicted octanol–water partition coefficient (Wildman–Crippen LogP) is 2.57. The molecule has 4 nitrogen and oxygen atoms in total. The number of carbonyl (C=O) groups excluding carboxylic acids is 1. The van der Waals surface area contributed by atoms with Crippen LogP contribution in [0.1, 0.15) is 24.2 Å². The summed E-state index contributed by atoms with van der Waals surface area (Å²) in [7, 11) is 0. The lowest BCUT2D eigenvalue weighted by Crippen LogP contribution is -2.36. The smallest absolute Gasteiger partial charge is 0.329 e. The summed E-state index contributed by atoms with van der Waals surface area (Å²) >= 11 is 6.05. The molecule has 19 heavy (non-hydrogen) atoms. The first-order chi connectivity index (χ1) is 9.20. The number of nitrogens with one attached hydrogen (secondary N) is 2. The van der Waals surface area contributed by atoms with Gasteiger partial charge in [0.1, 0.15) is 6.04 Å². The number of fused-ring (bicyclic) bond motifs is 3. The van der Waals surface area contributed by atoms with Crippen LogP contribution in [0.2, 0.25) is 5.02 Å². The summed E-state index contributed by atoms with van der Waals surface area (Å²) in [5, 5.41) is 5.00. The van der Waals surface area contributed by atoms with E-state index in [1.807, 2.05) is 25.1 Å². The Morgan fingerprint density at radius 3 is 3.16 bits per heavy atom. The molecule has 0 saturated heterocycles. The number of aromatic nitrogens is 1. The van der Waals surface area contributed by atoms with Crippen LogP contribution in [0.4, 0.5) is 0 Å². The maximum absolute atomic E-state index is 12.0. The lowest BCUT2D eigenvalue weighted by molar-refractivity contribution is -0.146. The molecule has 1 atom stereocenters. The monoisotopic (exact) mass is 278 g/mol. The van der Waals surface area contributed by atoms with Gasteiger partial charge in [-0.3, -0.25) is 5.32 Å². The van der Waals surface area contributed by atoms with Crippen molar-refractivity contribution >= 4 is 28.5 Å². The average molecular weight is 279 g/mol. The average Bonchev–Trinajstić information content (AvgIpc) is 2.77. The summed E-state index contributed by atoms with van der Waals surface area (Å²) in [5.74, 6) is -0.235. The van der Waals surface area contributed by atoms with E-state index in [4.69, 9.17) is 16.3 Å². The minimum absolute atomic E-state index is 0.235. The zero-order chi connectivity index (χ0) is 13.4.